The van der Waals surface area contributed by atoms with Crippen LogP contribution in [0.4, 0.5) is 5.69 Å². The Morgan fingerprint density at radius 3 is 2.00 bits per heavy atom. The number of fused-ring (bicyclic) bond motifs is 1. The molecule has 3 aromatic rings. The van der Waals surface area contributed by atoms with Crippen LogP contribution in [0.3, 0.4) is 0 Å². The Bertz CT molecular complexity index is 832. The molecule has 0 radical (unpaired) electrons. The van der Waals surface area contributed by atoms with Crippen molar-refractivity contribution in [3.05, 3.63) is 66.2 Å². The molecule has 3 aromatic carbocycles. The SMILES string of the molecule is CC(=O)c1ccc2cc(-c3ccc(N(C)C)cc3)ccc2c1. The molecule has 0 unspecified atom stereocenters. The van der Waals surface area contributed by atoms with Crippen molar-refractivity contribution in [3.63, 3.8) is 0 Å². The van der Waals surface area contributed by atoms with Crippen molar-refractivity contribution in [2.24, 2.45) is 0 Å². The lowest BCUT2D eigenvalue weighted by atomic mass is 9.99. The van der Waals surface area contributed by atoms with E-state index in [0.717, 1.165) is 16.3 Å². The smallest absolute Gasteiger partial charge is 0.159 e. The standard InChI is InChI=1S/C20H19NO/c1-14(22)16-4-5-19-13-17(6-7-18(19)12-16)15-8-10-20(11-9-15)21(2)3/h4-13H,1-3H3. The van der Waals surface area contributed by atoms with E-state index < -0.39 is 0 Å². The van der Waals surface area contributed by atoms with Crippen LogP contribution in [0.25, 0.3) is 21.9 Å². The Labute approximate surface area is 131 Å². The molecule has 3 rings (SSSR count). The summed E-state index contributed by atoms with van der Waals surface area (Å²) in [6.45, 7) is 1.60. The van der Waals surface area contributed by atoms with Crippen LogP contribution in [-0.2, 0) is 0 Å². The minimum Gasteiger partial charge on any atom is -0.378 e. The maximum Gasteiger partial charge on any atom is 0.159 e. The van der Waals surface area contributed by atoms with E-state index in [1.807, 2.05) is 32.3 Å². The van der Waals surface area contributed by atoms with Gasteiger partial charge in [0.25, 0.3) is 0 Å². The Morgan fingerprint density at radius 2 is 1.36 bits per heavy atom. The van der Waals surface area contributed by atoms with E-state index in [0.29, 0.717) is 0 Å². The predicted molar refractivity (Wildman–Crippen MR) is 93.7 cm³/mol. The molecule has 0 bridgehead atoms. The first-order chi connectivity index (χ1) is 10.5. The van der Waals surface area contributed by atoms with Gasteiger partial charge >= 0.3 is 0 Å². The van der Waals surface area contributed by atoms with E-state index in [1.54, 1.807) is 6.92 Å². The number of rotatable bonds is 3. The first-order valence-electron chi connectivity index (χ1n) is 7.37. The molecule has 2 heteroatoms. The topological polar surface area (TPSA) is 20.3 Å². The van der Waals surface area contributed by atoms with E-state index in [4.69, 9.17) is 0 Å². The molecular formula is C20H19NO. The molecule has 110 valence electrons. The summed E-state index contributed by atoms with van der Waals surface area (Å²) in [6.07, 6.45) is 0. The van der Waals surface area contributed by atoms with Crippen molar-refractivity contribution in [1.29, 1.82) is 0 Å². The number of carbonyl (C=O) groups excluding carboxylic acids is 1. The van der Waals surface area contributed by atoms with Crippen molar-refractivity contribution in [3.8, 4) is 11.1 Å². The van der Waals surface area contributed by atoms with Crippen molar-refractivity contribution in [2.45, 2.75) is 6.92 Å². The lowest BCUT2D eigenvalue weighted by Crippen LogP contribution is -2.07. The fourth-order valence-electron chi connectivity index (χ4n) is 2.60. The highest BCUT2D eigenvalue weighted by atomic mass is 16.1. The second-order valence-corrected chi connectivity index (χ2v) is 5.77. The van der Waals surface area contributed by atoms with Gasteiger partial charge in [0, 0.05) is 25.3 Å². The van der Waals surface area contributed by atoms with Gasteiger partial charge in [-0.1, -0.05) is 36.4 Å². The molecular weight excluding hydrogens is 270 g/mol. The highest BCUT2D eigenvalue weighted by Gasteiger charge is 2.04. The molecule has 0 aliphatic rings. The first kappa shape index (κ1) is 14.3. The van der Waals surface area contributed by atoms with E-state index >= 15 is 0 Å². The molecule has 0 spiro atoms. The van der Waals surface area contributed by atoms with Crippen LogP contribution in [0.5, 0.6) is 0 Å². The van der Waals surface area contributed by atoms with E-state index in [9.17, 15) is 4.79 Å². The van der Waals surface area contributed by atoms with Gasteiger partial charge in [-0.25, -0.2) is 0 Å². The fraction of sp³-hybridized carbons (Fsp3) is 0.150. The molecule has 0 N–H and O–H groups in total. The van der Waals surface area contributed by atoms with Gasteiger partial charge in [-0.3, -0.25) is 4.79 Å². The third kappa shape index (κ3) is 2.73. The fourth-order valence-corrected chi connectivity index (χ4v) is 2.60. The molecule has 0 saturated carbocycles. The predicted octanol–water partition coefficient (Wildman–Crippen LogP) is 4.78. The summed E-state index contributed by atoms with van der Waals surface area (Å²) in [4.78, 5) is 13.6. The summed E-state index contributed by atoms with van der Waals surface area (Å²) in [5.41, 5.74) is 4.34. The van der Waals surface area contributed by atoms with E-state index in [2.05, 4.69) is 47.4 Å². The molecule has 22 heavy (non-hydrogen) atoms. The summed E-state index contributed by atoms with van der Waals surface area (Å²) in [7, 11) is 4.08. The Kier molecular flexibility index (Phi) is 3.68. The summed E-state index contributed by atoms with van der Waals surface area (Å²) in [6, 6.07) is 20.7. The highest BCUT2D eigenvalue weighted by Crippen LogP contribution is 2.26. The van der Waals surface area contributed by atoms with Crippen molar-refractivity contribution in [1.82, 2.24) is 0 Å². The third-order valence-corrected chi connectivity index (χ3v) is 3.96. The normalized spacial score (nSPS) is 10.7. The van der Waals surface area contributed by atoms with Crippen LogP contribution in [0.2, 0.25) is 0 Å². The van der Waals surface area contributed by atoms with Gasteiger partial charge in [0.1, 0.15) is 0 Å². The number of hydrogen-bond acceptors (Lipinski definition) is 2. The summed E-state index contributed by atoms with van der Waals surface area (Å²) < 4.78 is 0. The van der Waals surface area contributed by atoms with Gasteiger partial charge in [-0.05, 0) is 53.1 Å². The Morgan fingerprint density at radius 1 is 0.773 bits per heavy atom. The first-order valence-corrected chi connectivity index (χ1v) is 7.37. The number of ketones is 1. The number of hydrogen-bond donors (Lipinski definition) is 0. The van der Waals surface area contributed by atoms with Crippen molar-refractivity contribution >= 4 is 22.2 Å². The molecule has 0 atom stereocenters. The number of carbonyl (C=O) groups is 1. The maximum absolute atomic E-state index is 11.5. The van der Waals surface area contributed by atoms with Gasteiger partial charge < -0.3 is 4.90 Å². The van der Waals surface area contributed by atoms with Crippen LogP contribution in [-0.4, -0.2) is 19.9 Å². The summed E-state index contributed by atoms with van der Waals surface area (Å²) >= 11 is 0. The number of nitrogens with zero attached hydrogens (tertiary/aromatic N) is 1. The van der Waals surface area contributed by atoms with Gasteiger partial charge in [-0.2, -0.15) is 0 Å². The van der Waals surface area contributed by atoms with Crippen LogP contribution >= 0.6 is 0 Å². The third-order valence-electron chi connectivity index (χ3n) is 3.96. The highest BCUT2D eigenvalue weighted by molar-refractivity contribution is 5.99. The quantitative estimate of drug-likeness (QED) is 0.647. The van der Waals surface area contributed by atoms with E-state index in [1.165, 1.54) is 16.8 Å². The zero-order valence-electron chi connectivity index (χ0n) is 13.1. The molecule has 0 amide bonds. The Balaban J connectivity index is 2.01. The average Bonchev–Trinajstić information content (AvgIpc) is 2.54. The molecule has 0 aliphatic carbocycles. The lowest BCUT2D eigenvalue weighted by molar-refractivity contribution is 0.101. The Hall–Kier alpha value is -2.61. The monoisotopic (exact) mass is 289 g/mol. The lowest BCUT2D eigenvalue weighted by Gasteiger charge is -2.13. The molecule has 0 fully saturated rings. The molecule has 0 heterocycles. The largest absolute Gasteiger partial charge is 0.378 e. The second kappa shape index (κ2) is 5.64. The van der Waals surface area contributed by atoms with Crippen molar-refractivity contribution < 1.29 is 4.79 Å². The van der Waals surface area contributed by atoms with Crippen LogP contribution < -0.4 is 4.90 Å². The molecule has 0 aromatic heterocycles. The molecule has 0 saturated heterocycles. The minimum absolute atomic E-state index is 0.102. The number of anilines is 1. The zero-order chi connectivity index (χ0) is 15.7. The molecule has 0 aliphatic heterocycles. The average molecular weight is 289 g/mol. The van der Waals surface area contributed by atoms with Gasteiger partial charge in [0.2, 0.25) is 0 Å². The van der Waals surface area contributed by atoms with E-state index in [-0.39, 0.29) is 5.78 Å². The maximum atomic E-state index is 11.5. The molecule has 2 nitrogen and oxygen atoms in total. The number of benzene rings is 3. The minimum atomic E-state index is 0.102. The van der Waals surface area contributed by atoms with Gasteiger partial charge in [0.15, 0.2) is 5.78 Å². The van der Waals surface area contributed by atoms with Crippen molar-refractivity contribution in [2.75, 3.05) is 19.0 Å². The zero-order valence-corrected chi connectivity index (χ0v) is 13.1. The summed E-state index contributed by atoms with van der Waals surface area (Å²) in [5.74, 6) is 0.102. The van der Waals surface area contributed by atoms with Gasteiger partial charge in [-0.15, -0.1) is 0 Å². The summed E-state index contributed by atoms with van der Waals surface area (Å²) in [5, 5.41) is 2.25. The second-order valence-electron chi connectivity index (χ2n) is 5.77. The van der Waals surface area contributed by atoms with Crippen LogP contribution in [0, 0.1) is 0 Å². The van der Waals surface area contributed by atoms with Crippen LogP contribution in [0.1, 0.15) is 17.3 Å². The van der Waals surface area contributed by atoms with Crippen LogP contribution in [0.15, 0.2) is 60.7 Å². The van der Waals surface area contributed by atoms with Gasteiger partial charge in [0.05, 0.1) is 0 Å². The number of Topliss-reactive ketones (excluding diaryl/α,β-unsaturated/α-hetero) is 1.